The van der Waals surface area contributed by atoms with Crippen molar-refractivity contribution in [2.75, 3.05) is 0 Å². The van der Waals surface area contributed by atoms with Crippen LogP contribution in [-0.2, 0) is 12.5 Å². The highest BCUT2D eigenvalue weighted by molar-refractivity contribution is 6.00. The molecule has 0 amide bonds. The largest absolute Gasteiger partial charge is 0.220 e. The van der Waals surface area contributed by atoms with E-state index in [2.05, 4.69) is 109 Å². The molecule has 1 fully saturated rings. The normalized spacial score (nSPS) is 17.2. The van der Waals surface area contributed by atoms with Crippen molar-refractivity contribution >= 4 is 21.5 Å². The zero-order chi connectivity index (χ0) is 26.0. The van der Waals surface area contributed by atoms with Crippen LogP contribution in [0.3, 0.4) is 0 Å². The second-order valence-electron chi connectivity index (χ2n) is 12.8. The van der Waals surface area contributed by atoms with Crippen LogP contribution in [0.1, 0.15) is 90.0 Å². The van der Waals surface area contributed by atoms with Gasteiger partial charge in [0.1, 0.15) is 7.05 Å². The third-order valence-electron chi connectivity index (χ3n) is 8.64. The first-order valence-electron chi connectivity index (χ1n) is 13.8. The van der Waals surface area contributed by atoms with Crippen molar-refractivity contribution in [3.63, 3.8) is 0 Å². The maximum atomic E-state index is 9.07. The van der Waals surface area contributed by atoms with Crippen LogP contribution >= 0.6 is 0 Å². The highest BCUT2D eigenvalue weighted by Gasteiger charge is 2.29. The van der Waals surface area contributed by atoms with Crippen molar-refractivity contribution in [3.8, 4) is 11.3 Å². The number of fused-ring (bicyclic) bond motifs is 2. The smallest absolute Gasteiger partial charge is 0.198 e. The van der Waals surface area contributed by atoms with E-state index in [1.165, 1.54) is 69.8 Å². The van der Waals surface area contributed by atoms with E-state index in [1.807, 2.05) is 0 Å². The van der Waals surface area contributed by atoms with E-state index in [0.717, 1.165) is 11.1 Å². The fourth-order valence-corrected chi connectivity index (χ4v) is 6.20. The summed E-state index contributed by atoms with van der Waals surface area (Å²) in [6.07, 6.45) is 5.06. The lowest BCUT2D eigenvalue weighted by Gasteiger charge is -2.34. The molecule has 1 saturated carbocycles. The van der Waals surface area contributed by atoms with Crippen LogP contribution in [0.2, 0.25) is 0 Å². The molecule has 0 N–H and O–H groups in total. The highest BCUT2D eigenvalue weighted by Crippen LogP contribution is 2.44. The Hall–Kier alpha value is -2.67. The van der Waals surface area contributed by atoms with Gasteiger partial charge in [-0.25, -0.2) is 0 Å². The van der Waals surface area contributed by atoms with Crippen molar-refractivity contribution in [1.29, 1.82) is 0 Å². The third-order valence-corrected chi connectivity index (χ3v) is 8.64. The lowest BCUT2D eigenvalue weighted by molar-refractivity contribution is -0.665. The number of benzene rings is 3. The highest BCUT2D eigenvalue weighted by atomic mass is 14.9. The average Bonchev–Trinajstić information content (AvgIpc) is 2.83. The zero-order valence-electron chi connectivity index (χ0n) is 24.0. The molecule has 1 aliphatic carbocycles. The number of hydrogen-bond donors (Lipinski definition) is 0. The molecular weight excluding hydrogens is 422 g/mol. The molecule has 1 nitrogen and oxygen atoms in total. The lowest BCUT2D eigenvalue weighted by atomic mass is 9.71. The minimum atomic E-state index is 0.0305. The Kier molecular flexibility index (Phi) is 5.51. The van der Waals surface area contributed by atoms with Crippen molar-refractivity contribution in [3.05, 3.63) is 77.0 Å². The Morgan fingerprint density at radius 3 is 2.23 bits per heavy atom. The molecule has 1 heterocycles. The molecule has 0 atom stereocenters. The number of hydrogen-bond acceptors (Lipinski definition) is 0. The molecule has 0 spiro atoms. The van der Waals surface area contributed by atoms with Crippen LogP contribution in [0.25, 0.3) is 32.8 Å². The quantitative estimate of drug-likeness (QED) is 0.260. The van der Waals surface area contributed by atoms with Crippen molar-refractivity contribution in [2.45, 2.75) is 85.5 Å². The van der Waals surface area contributed by atoms with Gasteiger partial charge >= 0.3 is 0 Å². The molecule has 0 radical (unpaired) electrons. The van der Waals surface area contributed by atoms with E-state index < -0.39 is 0 Å². The molecule has 0 aliphatic heterocycles. The summed E-state index contributed by atoms with van der Waals surface area (Å²) in [4.78, 5) is 0. The Morgan fingerprint density at radius 1 is 0.914 bits per heavy atom. The summed E-state index contributed by atoms with van der Waals surface area (Å²) in [6.45, 7) is 16.1. The Morgan fingerprint density at radius 2 is 1.57 bits per heavy atom. The number of aromatic nitrogens is 1. The summed E-state index contributed by atoms with van der Waals surface area (Å²) in [6, 6.07) is 18.9. The van der Waals surface area contributed by atoms with Crippen molar-refractivity contribution < 1.29 is 5.94 Å². The molecule has 1 aliphatic rings. The Balaban J connectivity index is 1.77. The van der Waals surface area contributed by atoms with Crippen LogP contribution in [0, 0.1) is 19.3 Å². The van der Waals surface area contributed by atoms with Gasteiger partial charge in [-0.1, -0.05) is 71.0 Å². The van der Waals surface area contributed by atoms with Crippen LogP contribution in [0.5, 0.6) is 0 Å². The van der Waals surface area contributed by atoms with Gasteiger partial charge in [0.2, 0.25) is 5.69 Å². The van der Waals surface area contributed by atoms with E-state index in [-0.39, 0.29) is 5.41 Å². The first-order chi connectivity index (χ1) is 16.9. The SMILES string of the molecule is [2H]c1c(C)[n+](C)c(-c2cc(C(C)(C)C)c3ccccc3c2C)c2ccc(C3CCC(C)(C)CC3)cc12. The second-order valence-corrected chi connectivity index (χ2v) is 12.8. The van der Waals surface area contributed by atoms with Gasteiger partial charge < -0.3 is 0 Å². The van der Waals surface area contributed by atoms with E-state index in [4.69, 9.17) is 1.37 Å². The average molecular weight is 466 g/mol. The third kappa shape index (κ3) is 4.28. The molecule has 0 bridgehead atoms. The van der Waals surface area contributed by atoms with E-state index in [9.17, 15) is 0 Å². The number of pyridine rings is 1. The zero-order valence-corrected chi connectivity index (χ0v) is 23.0. The van der Waals surface area contributed by atoms with Crippen LogP contribution in [0.15, 0.2) is 54.6 Å². The standard InChI is InChI=1S/C34H42N/c1-22-19-26-20-25(24-15-17-34(6,7)18-16-24)13-14-28(26)32(35(22)8)30-21-31(33(3,4)5)29-12-10-9-11-27(29)23(30)2/h9-14,19-21,24H,15-18H2,1-8H3/q+1/i19D. The van der Waals surface area contributed by atoms with Crippen LogP contribution in [-0.4, -0.2) is 0 Å². The predicted molar refractivity (Wildman–Crippen MR) is 151 cm³/mol. The van der Waals surface area contributed by atoms with Gasteiger partial charge in [-0.3, -0.25) is 0 Å². The topological polar surface area (TPSA) is 3.88 Å². The van der Waals surface area contributed by atoms with Crippen molar-refractivity contribution in [1.82, 2.24) is 0 Å². The molecule has 4 aromatic rings. The molecule has 1 heteroatoms. The van der Waals surface area contributed by atoms with Gasteiger partial charge in [-0.2, -0.15) is 4.57 Å². The summed E-state index contributed by atoms with van der Waals surface area (Å²) in [5.74, 6) is 0.606. The van der Waals surface area contributed by atoms with E-state index >= 15 is 0 Å². The first-order valence-corrected chi connectivity index (χ1v) is 13.3. The fraction of sp³-hybridized carbons (Fsp3) is 0.441. The molecule has 35 heavy (non-hydrogen) atoms. The lowest BCUT2D eigenvalue weighted by Crippen LogP contribution is -2.35. The van der Waals surface area contributed by atoms with Gasteiger partial charge in [-0.05, 0) is 94.3 Å². The maximum absolute atomic E-state index is 9.07. The Labute approximate surface area is 213 Å². The number of rotatable bonds is 2. The molecule has 182 valence electrons. The minimum Gasteiger partial charge on any atom is -0.198 e. The predicted octanol–water partition coefficient (Wildman–Crippen LogP) is 9.08. The summed E-state index contributed by atoms with van der Waals surface area (Å²) in [7, 11) is 2.13. The number of aryl methyl sites for hydroxylation is 1. The molecule has 3 aromatic carbocycles. The van der Waals surface area contributed by atoms with E-state index in [1.54, 1.807) is 0 Å². The fourth-order valence-electron chi connectivity index (χ4n) is 6.20. The van der Waals surface area contributed by atoms with Gasteiger partial charge in [0.15, 0.2) is 5.69 Å². The van der Waals surface area contributed by atoms with Gasteiger partial charge in [0, 0.05) is 13.0 Å². The summed E-state index contributed by atoms with van der Waals surface area (Å²) in [5, 5.41) is 4.94. The van der Waals surface area contributed by atoms with Gasteiger partial charge in [0.05, 0.1) is 12.3 Å². The maximum Gasteiger partial charge on any atom is 0.220 e. The molecular formula is C34H42N+. The summed E-state index contributed by atoms with van der Waals surface area (Å²) in [5.41, 5.74) is 8.12. The Bertz CT molecular complexity index is 1480. The number of nitrogens with zero attached hydrogens (tertiary/aromatic N) is 1. The van der Waals surface area contributed by atoms with Crippen molar-refractivity contribution in [2.24, 2.45) is 12.5 Å². The van der Waals surface area contributed by atoms with E-state index in [0.29, 0.717) is 17.4 Å². The molecule has 0 unspecified atom stereocenters. The first kappa shape index (κ1) is 22.8. The van der Waals surface area contributed by atoms with Crippen LogP contribution < -0.4 is 4.57 Å². The molecule has 5 rings (SSSR count). The molecule has 1 aromatic heterocycles. The van der Waals surface area contributed by atoms with Gasteiger partial charge in [-0.15, -0.1) is 0 Å². The summed E-state index contributed by atoms with van der Waals surface area (Å²) >= 11 is 0. The minimum absolute atomic E-state index is 0.0305. The van der Waals surface area contributed by atoms with Gasteiger partial charge in [0.25, 0.3) is 0 Å². The summed E-state index contributed by atoms with van der Waals surface area (Å²) < 4.78 is 11.3. The van der Waals surface area contributed by atoms with Crippen LogP contribution in [0.4, 0.5) is 0 Å². The molecule has 0 saturated heterocycles. The monoisotopic (exact) mass is 465 g/mol. The second kappa shape index (κ2) is 8.47.